The average Bonchev–Trinajstić information content (AvgIpc) is 2.29. The van der Waals surface area contributed by atoms with Crippen LogP contribution in [0.3, 0.4) is 0 Å². The smallest absolute Gasteiger partial charge is 0.144 e. The minimum absolute atomic E-state index is 0.727. The first kappa shape index (κ1) is 8.53. The van der Waals surface area contributed by atoms with Crippen molar-refractivity contribution in [1.29, 1.82) is 0 Å². The lowest BCUT2D eigenvalue weighted by Gasteiger charge is -2.20. The summed E-state index contributed by atoms with van der Waals surface area (Å²) in [4.78, 5) is 4.55. The van der Waals surface area contributed by atoms with Gasteiger partial charge >= 0.3 is 0 Å². The topological polar surface area (TPSA) is 34.2 Å². The molecule has 1 aromatic heterocycles. The Kier molecular flexibility index (Phi) is 1.78. The van der Waals surface area contributed by atoms with E-state index in [0.717, 1.165) is 41.2 Å². The normalized spacial score (nSPS) is 14.2. The van der Waals surface area contributed by atoms with Crippen molar-refractivity contribution in [1.82, 2.24) is 4.98 Å². The molecule has 0 spiro atoms. The Balaban J connectivity index is 2.34. The van der Waals surface area contributed by atoms with Gasteiger partial charge in [0.1, 0.15) is 18.0 Å². The van der Waals surface area contributed by atoms with Crippen LogP contribution in [0.1, 0.15) is 5.69 Å². The number of hydrogen-bond donors (Lipinski definition) is 1. The number of pyridine rings is 1. The van der Waals surface area contributed by atoms with Gasteiger partial charge in [-0.3, -0.25) is 4.98 Å². The maximum Gasteiger partial charge on any atom is 0.144 e. The highest BCUT2D eigenvalue weighted by molar-refractivity contribution is 5.94. The first-order valence-corrected chi connectivity index (χ1v) is 5.11. The van der Waals surface area contributed by atoms with Gasteiger partial charge in [-0.15, -0.1) is 0 Å². The summed E-state index contributed by atoms with van der Waals surface area (Å²) in [6.45, 7) is 3.58. The highest BCUT2D eigenvalue weighted by atomic mass is 16.5. The Hall–Kier alpha value is -1.77. The number of rotatable bonds is 0. The Morgan fingerprint density at radius 2 is 2.13 bits per heavy atom. The van der Waals surface area contributed by atoms with Crippen LogP contribution in [0.4, 0.5) is 5.69 Å². The molecule has 3 heteroatoms. The molecule has 3 rings (SSSR count). The zero-order chi connectivity index (χ0) is 10.3. The van der Waals surface area contributed by atoms with Gasteiger partial charge in [-0.25, -0.2) is 0 Å². The number of anilines is 1. The number of aryl methyl sites for hydroxylation is 1. The van der Waals surface area contributed by atoms with Gasteiger partial charge in [-0.1, -0.05) is 6.07 Å². The molecular formula is C12H12N2O. The minimum atomic E-state index is 0.727. The summed E-state index contributed by atoms with van der Waals surface area (Å²) in [5.41, 5.74) is 3.07. The van der Waals surface area contributed by atoms with Crippen molar-refractivity contribution in [2.24, 2.45) is 0 Å². The fraction of sp³-hybridized carbons (Fsp3) is 0.250. The van der Waals surface area contributed by atoms with Crippen LogP contribution in [0.25, 0.3) is 10.9 Å². The molecule has 1 aliphatic heterocycles. The third kappa shape index (κ3) is 1.31. The van der Waals surface area contributed by atoms with Gasteiger partial charge in [-0.2, -0.15) is 0 Å². The number of benzene rings is 1. The molecule has 0 atom stereocenters. The summed E-state index contributed by atoms with van der Waals surface area (Å²) in [5.74, 6) is 0.909. The summed E-state index contributed by atoms with van der Waals surface area (Å²) in [7, 11) is 0. The SMILES string of the molecule is Cc1ccc2ccc3c(c2n1)NCCO3. The van der Waals surface area contributed by atoms with Gasteiger partial charge in [0.2, 0.25) is 0 Å². The second-order valence-electron chi connectivity index (χ2n) is 3.74. The lowest BCUT2D eigenvalue weighted by atomic mass is 10.1. The fourth-order valence-electron chi connectivity index (χ4n) is 1.90. The summed E-state index contributed by atoms with van der Waals surface area (Å²) in [6.07, 6.45) is 0. The predicted octanol–water partition coefficient (Wildman–Crippen LogP) is 2.35. The molecule has 2 heterocycles. The Morgan fingerprint density at radius 1 is 1.27 bits per heavy atom. The predicted molar refractivity (Wildman–Crippen MR) is 60.5 cm³/mol. The minimum Gasteiger partial charge on any atom is -0.490 e. The second-order valence-corrected chi connectivity index (χ2v) is 3.74. The molecule has 1 aliphatic rings. The van der Waals surface area contributed by atoms with Crippen molar-refractivity contribution in [3.8, 4) is 5.75 Å². The van der Waals surface area contributed by atoms with Gasteiger partial charge in [0.25, 0.3) is 0 Å². The molecule has 0 fully saturated rings. The van der Waals surface area contributed by atoms with Crippen molar-refractivity contribution in [3.63, 3.8) is 0 Å². The fourth-order valence-corrected chi connectivity index (χ4v) is 1.90. The van der Waals surface area contributed by atoms with Gasteiger partial charge in [-0.05, 0) is 25.1 Å². The zero-order valence-electron chi connectivity index (χ0n) is 8.58. The van der Waals surface area contributed by atoms with E-state index in [4.69, 9.17) is 4.74 Å². The van der Waals surface area contributed by atoms with Gasteiger partial charge in [0.15, 0.2) is 0 Å². The van der Waals surface area contributed by atoms with Crippen LogP contribution in [-0.4, -0.2) is 18.1 Å². The molecule has 0 bridgehead atoms. The van der Waals surface area contributed by atoms with Gasteiger partial charge in [0, 0.05) is 17.6 Å². The molecule has 0 unspecified atom stereocenters. The number of nitrogens with one attached hydrogen (secondary N) is 1. The summed E-state index contributed by atoms with van der Waals surface area (Å²) < 4.78 is 5.57. The number of nitrogens with zero attached hydrogens (tertiary/aromatic N) is 1. The number of fused-ring (bicyclic) bond motifs is 3. The molecule has 0 radical (unpaired) electrons. The molecule has 0 saturated heterocycles. The standard InChI is InChI=1S/C12H12N2O/c1-8-2-3-9-4-5-10-12(11(9)14-8)13-6-7-15-10/h2-5,13H,6-7H2,1H3. The van der Waals surface area contributed by atoms with Crippen molar-refractivity contribution in [2.45, 2.75) is 6.92 Å². The quantitative estimate of drug-likeness (QED) is 0.708. The summed E-state index contributed by atoms with van der Waals surface area (Å²) in [6, 6.07) is 8.17. The molecule has 0 amide bonds. The number of ether oxygens (including phenoxy) is 1. The number of aromatic nitrogens is 1. The van der Waals surface area contributed by atoms with Crippen molar-refractivity contribution < 1.29 is 4.74 Å². The van der Waals surface area contributed by atoms with Gasteiger partial charge in [0.05, 0.1) is 5.52 Å². The van der Waals surface area contributed by atoms with Crippen LogP contribution in [0, 0.1) is 6.92 Å². The zero-order valence-corrected chi connectivity index (χ0v) is 8.58. The molecule has 15 heavy (non-hydrogen) atoms. The number of hydrogen-bond acceptors (Lipinski definition) is 3. The van der Waals surface area contributed by atoms with Crippen LogP contribution in [0.15, 0.2) is 24.3 Å². The lowest BCUT2D eigenvalue weighted by Crippen LogP contribution is -2.18. The summed E-state index contributed by atoms with van der Waals surface area (Å²) in [5, 5.41) is 4.50. The van der Waals surface area contributed by atoms with Crippen molar-refractivity contribution in [2.75, 3.05) is 18.5 Å². The highest BCUT2D eigenvalue weighted by Gasteiger charge is 2.13. The summed E-state index contributed by atoms with van der Waals surface area (Å²) >= 11 is 0. The highest BCUT2D eigenvalue weighted by Crippen LogP contribution is 2.33. The monoisotopic (exact) mass is 200 g/mol. The Labute approximate surface area is 88.1 Å². The molecule has 1 aromatic carbocycles. The molecule has 0 saturated carbocycles. The van der Waals surface area contributed by atoms with Crippen molar-refractivity contribution in [3.05, 3.63) is 30.0 Å². The maximum absolute atomic E-state index is 5.57. The molecule has 76 valence electrons. The van der Waals surface area contributed by atoms with Crippen LogP contribution in [0.5, 0.6) is 5.75 Å². The van der Waals surface area contributed by atoms with Crippen LogP contribution in [-0.2, 0) is 0 Å². The van der Waals surface area contributed by atoms with Crippen molar-refractivity contribution >= 4 is 16.6 Å². The Bertz CT molecular complexity index is 522. The lowest BCUT2D eigenvalue weighted by molar-refractivity contribution is 0.324. The van der Waals surface area contributed by atoms with E-state index in [0.29, 0.717) is 0 Å². The van der Waals surface area contributed by atoms with Crippen LogP contribution >= 0.6 is 0 Å². The molecule has 0 aliphatic carbocycles. The maximum atomic E-state index is 5.57. The largest absolute Gasteiger partial charge is 0.490 e. The van der Waals surface area contributed by atoms with Crippen LogP contribution < -0.4 is 10.1 Å². The molecule has 3 nitrogen and oxygen atoms in total. The van der Waals surface area contributed by atoms with E-state index in [1.54, 1.807) is 0 Å². The van der Waals surface area contributed by atoms with E-state index >= 15 is 0 Å². The average molecular weight is 200 g/mol. The van der Waals surface area contributed by atoms with E-state index in [-0.39, 0.29) is 0 Å². The van der Waals surface area contributed by atoms with E-state index in [1.807, 2.05) is 25.1 Å². The third-order valence-corrected chi connectivity index (χ3v) is 2.62. The Morgan fingerprint density at radius 3 is 3.07 bits per heavy atom. The molecule has 2 aromatic rings. The first-order valence-electron chi connectivity index (χ1n) is 5.11. The van der Waals surface area contributed by atoms with Crippen LogP contribution in [0.2, 0.25) is 0 Å². The van der Waals surface area contributed by atoms with E-state index < -0.39 is 0 Å². The second kappa shape index (κ2) is 3.12. The first-order chi connectivity index (χ1) is 7.34. The molecular weight excluding hydrogens is 188 g/mol. The van der Waals surface area contributed by atoms with E-state index in [2.05, 4.69) is 16.4 Å². The molecule has 1 N–H and O–H groups in total. The van der Waals surface area contributed by atoms with E-state index in [1.165, 1.54) is 0 Å². The third-order valence-electron chi connectivity index (χ3n) is 2.62. The van der Waals surface area contributed by atoms with Gasteiger partial charge < -0.3 is 10.1 Å². The van der Waals surface area contributed by atoms with E-state index in [9.17, 15) is 0 Å².